The monoisotopic (exact) mass is 369 g/mol. The van der Waals surface area contributed by atoms with Crippen LogP contribution in [-0.4, -0.2) is 65.2 Å². The average Bonchev–Trinajstić information content (AvgIpc) is 2.71. The zero-order valence-corrected chi connectivity index (χ0v) is 15.6. The first kappa shape index (κ1) is 20.2. The van der Waals surface area contributed by atoms with Gasteiger partial charge in [0.25, 0.3) is 0 Å². The van der Waals surface area contributed by atoms with E-state index in [1.54, 1.807) is 0 Å². The van der Waals surface area contributed by atoms with Crippen LogP contribution in [0.2, 0.25) is 0 Å². The molecule has 1 aromatic rings. The Morgan fingerprint density at radius 2 is 1.96 bits per heavy atom. The van der Waals surface area contributed by atoms with Crippen LogP contribution in [0.25, 0.3) is 0 Å². The van der Waals surface area contributed by atoms with Crippen molar-refractivity contribution in [2.24, 2.45) is 0 Å². The van der Waals surface area contributed by atoms with E-state index in [0.717, 1.165) is 29.4 Å². The summed E-state index contributed by atoms with van der Waals surface area (Å²) in [5.41, 5.74) is 0.776. The van der Waals surface area contributed by atoms with E-state index in [2.05, 4.69) is 14.0 Å². The molecule has 5 unspecified atom stereocenters. The van der Waals surface area contributed by atoms with Gasteiger partial charge in [-0.3, -0.25) is 4.79 Å². The maximum absolute atomic E-state index is 12.5. The molecule has 6 atom stereocenters. The van der Waals surface area contributed by atoms with E-state index < -0.39 is 5.92 Å². The van der Waals surface area contributed by atoms with Gasteiger partial charge in [0.05, 0.1) is 26.2 Å². The summed E-state index contributed by atoms with van der Waals surface area (Å²) in [7, 11) is 2.20. The second-order valence-corrected chi connectivity index (χ2v) is 7.36. The molecule has 2 aliphatic heterocycles. The Kier molecular flexibility index (Phi) is 6.49. The molecule has 0 saturated carbocycles. The number of carbonyl (C=O) groups is 1. The predicted molar refractivity (Wildman–Crippen MR) is 90.3 cm³/mol. The fourth-order valence-electron chi connectivity index (χ4n) is 4.58. The van der Waals surface area contributed by atoms with Crippen molar-refractivity contribution in [2.75, 3.05) is 20.2 Å². The number of hydrogen-bond donors (Lipinski definition) is 2. The van der Waals surface area contributed by atoms with Crippen LogP contribution in [0, 0.1) is 0 Å². The van der Waals surface area contributed by atoms with E-state index in [4.69, 9.17) is 4.74 Å². The number of nitrogens with zero attached hydrogens (tertiary/aromatic N) is 1. The zero-order valence-electron chi connectivity index (χ0n) is 14.8. The predicted octanol–water partition coefficient (Wildman–Crippen LogP) is -1.56. The van der Waals surface area contributed by atoms with Crippen molar-refractivity contribution in [1.29, 1.82) is 0 Å². The Bertz CT molecular complexity index is 584. The molecule has 2 bridgehead atoms. The average molecular weight is 370 g/mol. The number of likely N-dealkylation sites (N-methyl/N-ethyl adjacent to an activating group) is 1. The van der Waals surface area contributed by atoms with Crippen molar-refractivity contribution in [2.45, 2.75) is 56.4 Å². The quantitative estimate of drug-likeness (QED) is 0.487. The molecule has 0 spiro atoms. The normalized spacial score (nSPS) is 34.9. The summed E-state index contributed by atoms with van der Waals surface area (Å²) in [6, 6.07) is 9.73. The summed E-state index contributed by atoms with van der Waals surface area (Å²) < 4.78 is 6.62. The van der Waals surface area contributed by atoms with Gasteiger partial charge in [-0.2, -0.15) is 0 Å². The van der Waals surface area contributed by atoms with E-state index in [1.807, 2.05) is 30.3 Å². The lowest BCUT2D eigenvalue weighted by Crippen LogP contribution is -3.00. The van der Waals surface area contributed by atoms with Crippen LogP contribution in [-0.2, 0) is 9.53 Å². The van der Waals surface area contributed by atoms with Crippen LogP contribution in [0.5, 0.6) is 0 Å². The van der Waals surface area contributed by atoms with Gasteiger partial charge < -0.3 is 31.8 Å². The minimum atomic E-state index is -0.636. The van der Waals surface area contributed by atoms with Crippen molar-refractivity contribution in [1.82, 2.24) is 0 Å². The van der Waals surface area contributed by atoms with Crippen LogP contribution >= 0.6 is 0 Å². The number of quaternary nitrogens is 1. The first-order valence-corrected chi connectivity index (χ1v) is 8.88. The summed E-state index contributed by atoms with van der Waals surface area (Å²) in [5.74, 6) is -1.00. The number of rotatable bonds is 5. The highest BCUT2D eigenvalue weighted by atomic mass is 35.5. The lowest BCUT2D eigenvalue weighted by atomic mass is 9.95. The van der Waals surface area contributed by atoms with Crippen molar-refractivity contribution in [3.8, 4) is 0 Å². The maximum Gasteiger partial charge on any atom is 0.316 e. The maximum atomic E-state index is 12.5. The Morgan fingerprint density at radius 3 is 2.52 bits per heavy atom. The lowest BCUT2D eigenvalue weighted by molar-refractivity contribution is -0.949. The Balaban J connectivity index is 0.00000225. The largest absolute Gasteiger partial charge is 1.00 e. The number of aliphatic hydroxyl groups excluding tert-OH is 2. The van der Waals surface area contributed by atoms with Gasteiger partial charge in [0, 0.05) is 19.3 Å². The van der Waals surface area contributed by atoms with E-state index in [1.165, 1.54) is 0 Å². The van der Waals surface area contributed by atoms with Crippen molar-refractivity contribution in [3.63, 3.8) is 0 Å². The lowest BCUT2D eigenvalue weighted by Gasteiger charge is -2.46. The van der Waals surface area contributed by atoms with Crippen LogP contribution in [0.4, 0.5) is 0 Å². The molecule has 0 amide bonds. The Labute approximate surface area is 155 Å². The van der Waals surface area contributed by atoms with Crippen LogP contribution in [0.3, 0.4) is 0 Å². The molecule has 2 N–H and O–H groups in total. The van der Waals surface area contributed by atoms with Crippen LogP contribution in [0.1, 0.15) is 37.7 Å². The second-order valence-electron chi connectivity index (χ2n) is 7.36. The number of carbonyl (C=O) groups excluding carboxylic acids is 1. The third-order valence-corrected chi connectivity index (χ3v) is 6.22. The molecule has 2 heterocycles. The van der Waals surface area contributed by atoms with Crippen LogP contribution in [0.15, 0.2) is 30.3 Å². The van der Waals surface area contributed by atoms with Gasteiger partial charge in [0.1, 0.15) is 24.2 Å². The van der Waals surface area contributed by atoms with E-state index in [-0.39, 0.29) is 43.2 Å². The van der Waals surface area contributed by atoms with E-state index in [9.17, 15) is 15.0 Å². The number of aliphatic hydroxyl groups is 2. The van der Waals surface area contributed by atoms with Gasteiger partial charge in [-0.25, -0.2) is 0 Å². The summed E-state index contributed by atoms with van der Waals surface area (Å²) in [4.78, 5) is 12.5. The fourth-order valence-corrected chi connectivity index (χ4v) is 4.58. The molecule has 0 aromatic heterocycles. The molecule has 25 heavy (non-hydrogen) atoms. The molecule has 0 aliphatic carbocycles. The molecule has 0 radical (unpaired) electrons. The van der Waals surface area contributed by atoms with Crippen molar-refractivity contribution in [3.05, 3.63) is 35.9 Å². The number of ether oxygens (including phenoxy) is 1. The molecule has 6 heteroatoms. The first-order chi connectivity index (χ1) is 11.5. The number of benzene rings is 1. The summed E-state index contributed by atoms with van der Waals surface area (Å²) >= 11 is 0. The Hall–Kier alpha value is -1.14. The zero-order chi connectivity index (χ0) is 17.3. The highest BCUT2D eigenvalue weighted by Crippen LogP contribution is 2.42. The minimum absolute atomic E-state index is 0. The number of piperidine rings is 1. The third kappa shape index (κ3) is 3.70. The standard InChI is InChI=1S/C19H28NO4.ClH/c1-3-20(2)14-9-15(11-17(20)18(22)10-14)24-19(23)16(12-21)13-7-5-4-6-8-13;/h4-8,14-18,21-22H,3,9-12H2,1-2H3;1H/q+1;/p-1/t14?,15?,16?,17?,18?,20-;/m0./s1. The molecule has 3 rings (SSSR count). The number of fused-ring (bicyclic) bond motifs is 2. The van der Waals surface area contributed by atoms with Gasteiger partial charge in [0.2, 0.25) is 0 Å². The fraction of sp³-hybridized carbons (Fsp3) is 0.632. The van der Waals surface area contributed by atoms with Gasteiger partial charge in [-0.1, -0.05) is 30.3 Å². The number of hydrogen-bond acceptors (Lipinski definition) is 4. The topological polar surface area (TPSA) is 66.8 Å². The van der Waals surface area contributed by atoms with Crippen molar-refractivity contribution >= 4 is 5.97 Å². The highest BCUT2D eigenvalue weighted by Gasteiger charge is 2.56. The van der Waals surface area contributed by atoms with E-state index >= 15 is 0 Å². The van der Waals surface area contributed by atoms with Gasteiger partial charge in [-0.15, -0.1) is 0 Å². The molecule has 5 nitrogen and oxygen atoms in total. The number of esters is 1. The van der Waals surface area contributed by atoms with Crippen LogP contribution < -0.4 is 12.4 Å². The SMILES string of the molecule is CC[N@@+]1(C)C2CC(OC(=O)C(CO)c3ccccc3)CC1C(O)C2.[Cl-]. The molecule has 2 fully saturated rings. The summed E-state index contributed by atoms with van der Waals surface area (Å²) in [6.07, 6.45) is 1.79. The molecular formula is C19H28ClNO4. The van der Waals surface area contributed by atoms with E-state index in [0.29, 0.717) is 12.5 Å². The number of halogens is 1. The second kappa shape index (κ2) is 8.04. The summed E-state index contributed by atoms with van der Waals surface area (Å²) in [5, 5.41) is 20.0. The van der Waals surface area contributed by atoms with Crippen molar-refractivity contribution < 1.29 is 36.6 Å². The van der Waals surface area contributed by atoms with Gasteiger partial charge in [-0.05, 0) is 12.5 Å². The van der Waals surface area contributed by atoms with Gasteiger partial charge >= 0.3 is 5.97 Å². The highest BCUT2D eigenvalue weighted by molar-refractivity contribution is 5.78. The molecule has 2 saturated heterocycles. The molecule has 140 valence electrons. The Morgan fingerprint density at radius 1 is 1.28 bits per heavy atom. The molecule has 1 aromatic carbocycles. The smallest absolute Gasteiger partial charge is 0.316 e. The third-order valence-electron chi connectivity index (χ3n) is 6.22. The minimum Gasteiger partial charge on any atom is -1.00 e. The molecule has 2 aliphatic rings. The first-order valence-electron chi connectivity index (χ1n) is 8.88. The molecular weight excluding hydrogens is 342 g/mol. The van der Waals surface area contributed by atoms with Gasteiger partial charge in [0.15, 0.2) is 0 Å². The summed E-state index contributed by atoms with van der Waals surface area (Å²) in [6.45, 7) is 2.88.